The van der Waals surface area contributed by atoms with E-state index >= 15 is 0 Å². The summed E-state index contributed by atoms with van der Waals surface area (Å²) in [7, 11) is 5.35. The number of methoxy groups -OCH3 is 1. The number of amides is 1. The van der Waals surface area contributed by atoms with Gasteiger partial charge in [-0.1, -0.05) is 48.5 Å². The van der Waals surface area contributed by atoms with Gasteiger partial charge in [0.25, 0.3) is 5.91 Å². The lowest BCUT2D eigenvalue weighted by molar-refractivity contribution is -0.134. The second-order valence-corrected chi connectivity index (χ2v) is 9.17. The summed E-state index contributed by atoms with van der Waals surface area (Å²) < 4.78 is 4.69. The molecule has 4 aromatic rings. The Morgan fingerprint density at radius 1 is 0.846 bits per heavy atom. The number of carbonyl (C=O) groups is 2. The number of anilines is 2. The van der Waals surface area contributed by atoms with E-state index in [2.05, 4.69) is 52.1 Å². The van der Waals surface area contributed by atoms with E-state index in [0.717, 1.165) is 27.9 Å². The summed E-state index contributed by atoms with van der Waals surface area (Å²) in [5.41, 5.74) is 6.69. The standard InChI is InChI=1S/C33H29N3O3/c1-35(2)30-18-16-28(17-19-30)27-12-9-26(10-13-27)23-36(33(38)29-14-7-25(22-34)8-15-29)31-6-4-5-24(21-31)11-20-32(37)39-3/h4-21H,23H2,1-3H3/b20-11+. The summed E-state index contributed by atoms with van der Waals surface area (Å²) in [4.78, 5) is 29.0. The van der Waals surface area contributed by atoms with Gasteiger partial charge in [0.2, 0.25) is 0 Å². The van der Waals surface area contributed by atoms with Crippen molar-refractivity contribution >= 4 is 29.3 Å². The smallest absolute Gasteiger partial charge is 0.330 e. The van der Waals surface area contributed by atoms with Crippen LogP contribution in [-0.2, 0) is 16.1 Å². The minimum atomic E-state index is -0.456. The molecule has 0 radical (unpaired) electrons. The Morgan fingerprint density at radius 2 is 1.49 bits per heavy atom. The maximum atomic E-state index is 13.7. The van der Waals surface area contributed by atoms with Crippen molar-refractivity contribution in [3.63, 3.8) is 0 Å². The molecule has 6 nitrogen and oxygen atoms in total. The van der Waals surface area contributed by atoms with Crippen molar-refractivity contribution in [1.29, 1.82) is 5.26 Å². The van der Waals surface area contributed by atoms with Gasteiger partial charge in [-0.3, -0.25) is 4.79 Å². The fourth-order valence-corrected chi connectivity index (χ4v) is 4.09. The van der Waals surface area contributed by atoms with E-state index in [-0.39, 0.29) is 5.91 Å². The highest BCUT2D eigenvalue weighted by Crippen LogP contribution is 2.26. The molecule has 0 bridgehead atoms. The Labute approximate surface area is 229 Å². The molecule has 0 saturated carbocycles. The van der Waals surface area contributed by atoms with Gasteiger partial charge in [-0.25, -0.2) is 4.79 Å². The van der Waals surface area contributed by atoms with Crippen LogP contribution in [0.25, 0.3) is 17.2 Å². The fraction of sp³-hybridized carbons (Fsp3) is 0.121. The number of benzene rings is 4. The van der Waals surface area contributed by atoms with Gasteiger partial charge in [-0.2, -0.15) is 5.26 Å². The topological polar surface area (TPSA) is 73.6 Å². The summed E-state index contributed by atoms with van der Waals surface area (Å²) in [6.45, 7) is 0.336. The van der Waals surface area contributed by atoms with Crippen LogP contribution in [0.2, 0.25) is 0 Å². The maximum absolute atomic E-state index is 13.7. The molecular weight excluding hydrogens is 486 g/mol. The van der Waals surface area contributed by atoms with Crippen molar-refractivity contribution in [2.45, 2.75) is 6.54 Å². The van der Waals surface area contributed by atoms with Gasteiger partial charge in [0.1, 0.15) is 0 Å². The highest BCUT2D eigenvalue weighted by Gasteiger charge is 2.19. The molecule has 6 heteroatoms. The van der Waals surface area contributed by atoms with Crippen LogP contribution in [0.5, 0.6) is 0 Å². The predicted molar refractivity (Wildman–Crippen MR) is 155 cm³/mol. The first kappa shape index (κ1) is 26.9. The molecule has 4 aromatic carbocycles. The molecule has 0 fully saturated rings. The molecule has 0 saturated heterocycles. The van der Waals surface area contributed by atoms with Crippen molar-refractivity contribution in [1.82, 2.24) is 0 Å². The first-order valence-corrected chi connectivity index (χ1v) is 12.4. The zero-order chi connectivity index (χ0) is 27.8. The zero-order valence-corrected chi connectivity index (χ0v) is 22.2. The Bertz CT molecular complexity index is 1510. The second-order valence-electron chi connectivity index (χ2n) is 9.17. The minimum absolute atomic E-state index is 0.197. The molecule has 194 valence electrons. The highest BCUT2D eigenvalue weighted by atomic mass is 16.5. The largest absolute Gasteiger partial charge is 0.466 e. The third-order valence-electron chi connectivity index (χ3n) is 6.31. The number of nitriles is 1. The van der Waals surface area contributed by atoms with Gasteiger partial charge in [0, 0.05) is 37.1 Å². The van der Waals surface area contributed by atoms with Gasteiger partial charge in [0.15, 0.2) is 0 Å². The molecule has 0 aliphatic carbocycles. The third-order valence-corrected chi connectivity index (χ3v) is 6.31. The van der Waals surface area contributed by atoms with E-state index in [1.807, 2.05) is 50.5 Å². The SMILES string of the molecule is COC(=O)/C=C/c1cccc(N(Cc2ccc(-c3ccc(N(C)C)cc3)cc2)C(=O)c2ccc(C#N)cc2)c1. The number of ether oxygens (including phenoxy) is 1. The van der Waals surface area contributed by atoms with Gasteiger partial charge in [-0.15, -0.1) is 0 Å². The van der Waals surface area contributed by atoms with Gasteiger partial charge < -0.3 is 14.5 Å². The van der Waals surface area contributed by atoms with Crippen LogP contribution in [-0.4, -0.2) is 33.1 Å². The van der Waals surface area contributed by atoms with Crippen molar-refractivity contribution in [3.8, 4) is 17.2 Å². The van der Waals surface area contributed by atoms with Crippen LogP contribution in [0, 0.1) is 11.3 Å². The lowest BCUT2D eigenvalue weighted by Gasteiger charge is -2.24. The summed E-state index contributed by atoms with van der Waals surface area (Å²) in [5.74, 6) is -0.653. The Balaban J connectivity index is 1.64. The molecule has 0 heterocycles. The molecule has 4 rings (SSSR count). The van der Waals surface area contributed by atoms with Crippen LogP contribution in [0.3, 0.4) is 0 Å². The molecule has 0 unspecified atom stereocenters. The average molecular weight is 516 g/mol. The number of hydrogen-bond acceptors (Lipinski definition) is 5. The zero-order valence-electron chi connectivity index (χ0n) is 22.2. The number of rotatable bonds is 8. The fourth-order valence-electron chi connectivity index (χ4n) is 4.09. The molecule has 0 aliphatic heterocycles. The first-order valence-electron chi connectivity index (χ1n) is 12.4. The summed E-state index contributed by atoms with van der Waals surface area (Å²) in [5, 5.41) is 9.14. The summed E-state index contributed by atoms with van der Waals surface area (Å²) in [6, 6.07) is 32.6. The molecule has 39 heavy (non-hydrogen) atoms. The molecule has 0 atom stereocenters. The number of esters is 1. The minimum Gasteiger partial charge on any atom is -0.466 e. The molecule has 0 aromatic heterocycles. The first-order chi connectivity index (χ1) is 18.9. The van der Waals surface area contributed by atoms with Gasteiger partial charge >= 0.3 is 5.97 Å². The Morgan fingerprint density at radius 3 is 2.08 bits per heavy atom. The number of nitrogens with zero attached hydrogens (tertiary/aromatic N) is 3. The lowest BCUT2D eigenvalue weighted by Crippen LogP contribution is -2.30. The predicted octanol–water partition coefficient (Wildman–Crippen LogP) is 6.32. The quantitative estimate of drug-likeness (QED) is 0.203. The van der Waals surface area contributed by atoms with Crippen LogP contribution >= 0.6 is 0 Å². The van der Waals surface area contributed by atoms with E-state index in [1.54, 1.807) is 35.2 Å². The summed E-state index contributed by atoms with van der Waals surface area (Å²) in [6.07, 6.45) is 2.99. The second kappa shape index (κ2) is 12.4. The molecule has 0 aliphatic rings. The number of carbonyl (C=O) groups excluding carboxylic acids is 2. The Kier molecular flexibility index (Phi) is 8.55. The normalized spacial score (nSPS) is 10.6. The van der Waals surface area contributed by atoms with Crippen molar-refractivity contribution in [2.75, 3.05) is 31.0 Å². The highest BCUT2D eigenvalue weighted by molar-refractivity contribution is 6.06. The molecule has 1 amide bonds. The third kappa shape index (κ3) is 6.79. The van der Waals surface area contributed by atoms with E-state index < -0.39 is 5.97 Å². The van der Waals surface area contributed by atoms with Gasteiger partial charge in [-0.05, 0) is 76.9 Å². The Hall–Kier alpha value is -5.15. The average Bonchev–Trinajstić information content (AvgIpc) is 2.98. The van der Waals surface area contributed by atoms with Crippen LogP contribution < -0.4 is 9.80 Å². The molecular formula is C33H29N3O3. The van der Waals surface area contributed by atoms with E-state index in [4.69, 9.17) is 5.26 Å². The molecule has 0 spiro atoms. The summed E-state index contributed by atoms with van der Waals surface area (Å²) >= 11 is 0. The maximum Gasteiger partial charge on any atom is 0.330 e. The van der Waals surface area contributed by atoms with E-state index in [1.165, 1.54) is 13.2 Å². The van der Waals surface area contributed by atoms with Crippen molar-refractivity contribution in [3.05, 3.63) is 125 Å². The monoisotopic (exact) mass is 515 g/mol. The van der Waals surface area contributed by atoms with Crippen LogP contribution in [0.4, 0.5) is 11.4 Å². The van der Waals surface area contributed by atoms with Crippen molar-refractivity contribution < 1.29 is 14.3 Å². The number of hydrogen-bond donors (Lipinski definition) is 0. The van der Waals surface area contributed by atoms with E-state index in [0.29, 0.717) is 23.4 Å². The van der Waals surface area contributed by atoms with Crippen LogP contribution in [0.15, 0.2) is 103 Å². The van der Waals surface area contributed by atoms with Gasteiger partial charge in [0.05, 0.1) is 25.3 Å². The van der Waals surface area contributed by atoms with Crippen molar-refractivity contribution in [2.24, 2.45) is 0 Å². The lowest BCUT2D eigenvalue weighted by atomic mass is 10.0. The molecule has 0 N–H and O–H groups in total. The van der Waals surface area contributed by atoms with Crippen LogP contribution in [0.1, 0.15) is 27.0 Å². The van der Waals surface area contributed by atoms with E-state index in [9.17, 15) is 9.59 Å².